The first-order valence-corrected chi connectivity index (χ1v) is 6.79. The molecular weight excluding hydrogens is 255 g/mol. The van der Waals surface area contributed by atoms with Crippen molar-refractivity contribution >= 4 is 5.97 Å². The first kappa shape index (κ1) is 12.9. The summed E-state index contributed by atoms with van der Waals surface area (Å²) in [6.07, 6.45) is 3.59. The summed E-state index contributed by atoms with van der Waals surface area (Å²) in [5.74, 6) is -1.37. The number of aromatic carboxylic acids is 1. The third-order valence-corrected chi connectivity index (χ3v) is 4.02. The van der Waals surface area contributed by atoms with Gasteiger partial charge in [-0.3, -0.25) is 0 Å². The van der Waals surface area contributed by atoms with Crippen LogP contribution in [-0.4, -0.2) is 11.1 Å². The molecule has 0 unspecified atom stereocenters. The maximum atomic E-state index is 13.8. The molecular formula is C17H15FO2. The Bertz CT molecular complexity index is 660. The van der Waals surface area contributed by atoms with Gasteiger partial charge in [0, 0.05) is 0 Å². The molecule has 1 saturated carbocycles. The number of hydrogen-bond donors (Lipinski definition) is 1. The second-order valence-corrected chi connectivity index (χ2v) is 5.21. The maximum absolute atomic E-state index is 13.8. The molecule has 2 aromatic carbocycles. The summed E-state index contributed by atoms with van der Waals surface area (Å²) in [4.78, 5) is 10.9. The predicted octanol–water partition coefficient (Wildman–Crippen LogP) is 4.46. The van der Waals surface area contributed by atoms with Gasteiger partial charge in [-0.2, -0.15) is 0 Å². The normalized spacial score (nSPS) is 14.8. The van der Waals surface area contributed by atoms with E-state index in [0.717, 1.165) is 11.1 Å². The Balaban J connectivity index is 2.05. The summed E-state index contributed by atoms with van der Waals surface area (Å²) >= 11 is 0. The van der Waals surface area contributed by atoms with Crippen LogP contribution in [-0.2, 0) is 0 Å². The number of halogens is 1. The quantitative estimate of drug-likeness (QED) is 0.894. The van der Waals surface area contributed by atoms with Crippen LogP contribution in [0.4, 0.5) is 4.39 Å². The molecule has 0 aliphatic heterocycles. The largest absolute Gasteiger partial charge is 0.478 e. The van der Waals surface area contributed by atoms with E-state index < -0.39 is 11.8 Å². The van der Waals surface area contributed by atoms with Gasteiger partial charge in [0.2, 0.25) is 0 Å². The van der Waals surface area contributed by atoms with Gasteiger partial charge in [-0.25, -0.2) is 9.18 Å². The highest BCUT2D eigenvalue weighted by molar-refractivity contribution is 5.88. The fourth-order valence-corrected chi connectivity index (χ4v) is 2.69. The van der Waals surface area contributed by atoms with Crippen LogP contribution in [0.3, 0.4) is 0 Å². The minimum atomic E-state index is -1.23. The number of carbonyl (C=O) groups is 1. The molecule has 0 heterocycles. The third kappa shape index (κ3) is 2.20. The van der Waals surface area contributed by atoms with Crippen molar-refractivity contribution in [1.29, 1.82) is 0 Å². The lowest BCUT2D eigenvalue weighted by molar-refractivity contribution is 0.0692. The molecule has 0 bridgehead atoms. The molecule has 1 N–H and O–H groups in total. The van der Waals surface area contributed by atoms with E-state index in [4.69, 9.17) is 5.11 Å². The van der Waals surface area contributed by atoms with Gasteiger partial charge >= 0.3 is 5.97 Å². The number of rotatable bonds is 3. The van der Waals surface area contributed by atoms with Crippen molar-refractivity contribution in [2.45, 2.75) is 25.2 Å². The lowest BCUT2D eigenvalue weighted by Crippen LogP contribution is -2.10. The van der Waals surface area contributed by atoms with E-state index >= 15 is 0 Å². The fourth-order valence-electron chi connectivity index (χ4n) is 2.69. The van der Waals surface area contributed by atoms with E-state index in [9.17, 15) is 9.18 Å². The molecule has 0 amide bonds. The first-order chi connectivity index (χ1) is 9.66. The number of carboxylic acids is 1. The Morgan fingerprint density at radius 2 is 1.90 bits per heavy atom. The topological polar surface area (TPSA) is 37.3 Å². The molecule has 3 rings (SSSR count). The minimum absolute atomic E-state index is 0.283. The second-order valence-electron chi connectivity index (χ2n) is 5.21. The molecule has 1 aliphatic rings. The molecule has 0 saturated heterocycles. The standard InChI is InChI=1S/C17H15FO2/c18-16-10-12(8-9-15(16)17(19)20)14-7-2-1-6-13(14)11-4-3-5-11/h1-2,6-11H,3-5H2,(H,19,20). The Morgan fingerprint density at radius 1 is 1.15 bits per heavy atom. The Labute approximate surface area is 116 Å². The molecule has 2 aromatic rings. The van der Waals surface area contributed by atoms with Gasteiger partial charge < -0.3 is 5.11 Å². The van der Waals surface area contributed by atoms with Gasteiger partial charge in [0.15, 0.2) is 0 Å². The van der Waals surface area contributed by atoms with Gasteiger partial charge in [-0.05, 0) is 47.6 Å². The van der Waals surface area contributed by atoms with E-state index in [1.165, 1.54) is 37.0 Å². The van der Waals surface area contributed by atoms with Crippen molar-refractivity contribution in [3.05, 3.63) is 59.4 Å². The van der Waals surface area contributed by atoms with Gasteiger partial charge in [0.1, 0.15) is 5.82 Å². The lowest BCUT2D eigenvalue weighted by atomic mass is 9.77. The molecule has 2 nitrogen and oxygen atoms in total. The highest BCUT2D eigenvalue weighted by Gasteiger charge is 2.22. The van der Waals surface area contributed by atoms with Crippen molar-refractivity contribution in [3.8, 4) is 11.1 Å². The van der Waals surface area contributed by atoms with Crippen LogP contribution in [0.5, 0.6) is 0 Å². The molecule has 20 heavy (non-hydrogen) atoms. The van der Waals surface area contributed by atoms with Crippen molar-refractivity contribution < 1.29 is 14.3 Å². The zero-order valence-corrected chi connectivity index (χ0v) is 11.0. The van der Waals surface area contributed by atoms with Crippen LogP contribution < -0.4 is 0 Å². The number of benzene rings is 2. The molecule has 1 aliphatic carbocycles. The molecule has 3 heteroatoms. The van der Waals surface area contributed by atoms with Crippen LogP contribution in [0.25, 0.3) is 11.1 Å². The lowest BCUT2D eigenvalue weighted by Gasteiger charge is -2.28. The van der Waals surface area contributed by atoms with E-state index in [-0.39, 0.29) is 5.56 Å². The van der Waals surface area contributed by atoms with Gasteiger partial charge in [0.25, 0.3) is 0 Å². The second kappa shape index (κ2) is 5.08. The van der Waals surface area contributed by atoms with E-state index in [1.54, 1.807) is 6.07 Å². The van der Waals surface area contributed by atoms with E-state index in [1.807, 2.05) is 18.2 Å². The minimum Gasteiger partial charge on any atom is -0.478 e. The highest BCUT2D eigenvalue weighted by atomic mass is 19.1. The summed E-state index contributed by atoms with van der Waals surface area (Å²) in [5, 5.41) is 8.88. The summed E-state index contributed by atoms with van der Waals surface area (Å²) in [5.41, 5.74) is 2.71. The number of carboxylic acid groups (broad SMARTS) is 1. The summed E-state index contributed by atoms with van der Waals surface area (Å²) < 4.78 is 13.8. The molecule has 0 spiro atoms. The van der Waals surface area contributed by atoms with Crippen LogP contribution in [0.15, 0.2) is 42.5 Å². The molecule has 102 valence electrons. The van der Waals surface area contributed by atoms with E-state index in [2.05, 4.69) is 6.07 Å². The monoisotopic (exact) mass is 270 g/mol. The Kier molecular flexibility index (Phi) is 3.26. The Morgan fingerprint density at radius 3 is 2.50 bits per heavy atom. The predicted molar refractivity (Wildman–Crippen MR) is 75.4 cm³/mol. The van der Waals surface area contributed by atoms with Crippen LogP contribution >= 0.6 is 0 Å². The van der Waals surface area contributed by atoms with Gasteiger partial charge in [0.05, 0.1) is 5.56 Å². The third-order valence-electron chi connectivity index (χ3n) is 4.02. The smallest absolute Gasteiger partial charge is 0.338 e. The average Bonchev–Trinajstić information content (AvgIpc) is 2.37. The van der Waals surface area contributed by atoms with Gasteiger partial charge in [-0.1, -0.05) is 36.8 Å². The summed E-state index contributed by atoms with van der Waals surface area (Å²) in [6, 6.07) is 12.3. The highest BCUT2D eigenvalue weighted by Crippen LogP contribution is 2.41. The fraction of sp³-hybridized carbons (Fsp3) is 0.235. The molecule has 0 atom stereocenters. The van der Waals surface area contributed by atoms with Crippen LogP contribution in [0.2, 0.25) is 0 Å². The van der Waals surface area contributed by atoms with Crippen LogP contribution in [0.1, 0.15) is 41.1 Å². The summed E-state index contributed by atoms with van der Waals surface area (Å²) in [6.45, 7) is 0. The number of hydrogen-bond acceptors (Lipinski definition) is 1. The zero-order valence-electron chi connectivity index (χ0n) is 11.0. The van der Waals surface area contributed by atoms with E-state index in [0.29, 0.717) is 5.92 Å². The van der Waals surface area contributed by atoms with Crippen molar-refractivity contribution in [1.82, 2.24) is 0 Å². The Hall–Kier alpha value is -2.16. The van der Waals surface area contributed by atoms with Gasteiger partial charge in [-0.15, -0.1) is 0 Å². The van der Waals surface area contributed by atoms with Crippen molar-refractivity contribution in [3.63, 3.8) is 0 Å². The van der Waals surface area contributed by atoms with Crippen LogP contribution in [0, 0.1) is 5.82 Å². The van der Waals surface area contributed by atoms with Crippen molar-refractivity contribution in [2.75, 3.05) is 0 Å². The molecule has 0 aromatic heterocycles. The average molecular weight is 270 g/mol. The SMILES string of the molecule is O=C(O)c1ccc(-c2ccccc2C2CCC2)cc1F. The van der Waals surface area contributed by atoms with Crippen molar-refractivity contribution in [2.24, 2.45) is 0 Å². The first-order valence-electron chi connectivity index (χ1n) is 6.79. The molecule has 0 radical (unpaired) electrons. The zero-order chi connectivity index (χ0) is 14.1. The maximum Gasteiger partial charge on any atom is 0.338 e. The summed E-state index contributed by atoms with van der Waals surface area (Å²) in [7, 11) is 0. The molecule has 1 fully saturated rings.